The van der Waals surface area contributed by atoms with E-state index >= 15 is 0 Å². The van der Waals surface area contributed by atoms with Crippen molar-refractivity contribution >= 4 is 22.6 Å². The van der Waals surface area contributed by atoms with Gasteiger partial charge in [0.15, 0.2) is 0 Å². The van der Waals surface area contributed by atoms with Crippen LogP contribution in [0.4, 0.5) is 0 Å². The van der Waals surface area contributed by atoms with Gasteiger partial charge in [0.2, 0.25) is 0 Å². The van der Waals surface area contributed by atoms with Crippen LogP contribution in [-0.2, 0) is 4.74 Å². The maximum Gasteiger partial charge on any atom is 0.0713 e. The van der Waals surface area contributed by atoms with E-state index in [1.54, 1.807) is 0 Å². The Hall–Kier alpha value is 0.650. The van der Waals surface area contributed by atoms with Gasteiger partial charge in [-0.15, -0.1) is 0 Å². The first-order chi connectivity index (χ1) is 6.06. The Bertz CT molecular complexity index is 145. The van der Waals surface area contributed by atoms with Crippen molar-refractivity contribution in [2.45, 2.75) is 43.4 Å². The van der Waals surface area contributed by atoms with Gasteiger partial charge >= 0.3 is 0 Å². The number of nitrogens with zero attached hydrogens (tertiary/aromatic N) is 1. The van der Waals surface area contributed by atoms with Crippen LogP contribution in [0.2, 0.25) is 0 Å². The van der Waals surface area contributed by atoms with Gasteiger partial charge in [0.1, 0.15) is 0 Å². The second kappa shape index (κ2) is 4.94. The molecule has 0 spiro atoms. The van der Waals surface area contributed by atoms with Crippen LogP contribution in [0.15, 0.2) is 0 Å². The van der Waals surface area contributed by atoms with E-state index in [1.807, 2.05) is 7.11 Å². The summed E-state index contributed by atoms with van der Waals surface area (Å²) in [5, 5.41) is 0. The van der Waals surface area contributed by atoms with Crippen LogP contribution in [0.3, 0.4) is 0 Å². The smallest absolute Gasteiger partial charge is 0.0713 e. The molecule has 1 rings (SSSR count). The van der Waals surface area contributed by atoms with Gasteiger partial charge < -0.3 is 4.74 Å². The SMILES string of the molecule is COC1CC(C(C)C)N(C(C)I)C1. The van der Waals surface area contributed by atoms with Crippen molar-refractivity contribution in [3.8, 4) is 0 Å². The maximum absolute atomic E-state index is 5.43. The molecule has 13 heavy (non-hydrogen) atoms. The number of alkyl halides is 1. The summed E-state index contributed by atoms with van der Waals surface area (Å²) in [6.45, 7) is 7.96. The van der Waals surface area contributed by atoms with Gasteiger partial charge in [-0.2, -0.15) is 0 Å². The highest BCUT2D eigenvalue weighted by molar-refractivity contribution is 14.1. The van der Waals surface area contributed by atoms with E-state index in [0.29, 0.717) is 16.2 Å². The molecule has 1 fully saturated rings. The van der Waals surface area contributed by atoms with Crippen molar-refractivity contribution in [1.29, 1.82) is 0 Å². The van der Waals surface area contributed by atoms with Crippen LogP contribution >= 0.6 is 22.6 Å². The van der Waals surface area contributed by atoms with Crippen molar-refractivity contribution in [2.75, 3.05) is 13.7 Å². The highest BCUT2D eigenvalue weighted by Crippen LogP contribution is 2.29. The molecule has 78 valence electrons. The van der Waals surface area contributed by atoms with E-state index in [4.69, 9.17) is 4.74 Å². The highest BCUT2D eigenvalue weighted by atomic mass is 127. The van der Waals surface area contributed by atoms with Crippen LogP contribution in [-0.4, -0.2) is 34.7 Å². The second-order valence-corrected chi connectivity index (χ2v) is 5.98. The molecule has 0 amide bonds. The zero-order valence-electron chi connectivity index (χ0n) is 8.96. The van der Waals surface area contributed by atoms with Gasteiger partial charge in [-0.05, 0) is 19.3 Å². The Morgan fingerprint density at radius 1 is 1.38 bits per heavy atom. The van der Waals surface area contributed by atoms with Gasteiger partial charge in [0, 0.05) is 19.7 Å². The topological polar surface area (TPSA) is 12.5 Å². The first kappa shape index (κ1) is 11.7. The molecule has 0 aliphatic carbocycles. The van der Waals surface area contributed by atoms with E-state index in [-0.39, 0.29) is 0 Å². The third kappa shape index (κ3) is 2.80. The van der Waals surface area contributed by atoms with Gasteiger partial charge in [0.25, 0.3) is 0 Å². The summed E-state index contributed by atoms with van der Waals surface area (Å²) in [5.41, 5.74) is 0. The predicted octanol–water partition coefficient (Wildman–Crippen LogP) is 2.51. The first-order valence-corrected chi connectivity index (χ1v) is 6.23. The number of hydrogen-bond acceptors (Lipinski definition) is 2. The average molecular weight is 297 g/mol. The lowest BCUT2D eigenvalue weighted by Gasteiger charge is -2.29. The highest BCUT2D eigenvalue weighted by Gasteiger charge is 2.35. The molecule has 0 aromatic rings. The summed E-state index contributed by atoms with van der Waals surface area (Å²) in [6.07, 6.45) is 1.64. The third-order valence-corrected chi connectivity index (χ3v) is 3.62. The zero-order chi connectivity index (χ0) is 10.0. The molecule has 0 aromatic heterocycles. The molecule has 3 heteroatoms. The van der Waals surface area contributed by atoms with Crippen LogP contribution in [0.5, 0.6) is 0 Å². The van der Waals surface area contributed by atoms with Crippen molar-refractivity contribution in [2.24, 2.45) is 5.92 Å². The van der Waals surface area contributed by atoms with Gasteiger partial charge in [0.05, 0.1) is 10.2 Å². The van der Waals surface area contributed by atoms with Crippen LogP contribution in [0.25, 0.3) is 0 Å². The lowest BCUT2D eigenvalue weighted by atomic mass is 10.0. The van der Waals surface area contributed by atoms with Crippen LogP contribution < -0.4 is 0 Å². The van der Waals surface area contributed by atoms with E-state index in [2.05, 4.69) is 48.3 Å². The van der Waals surface area contributed by atoms with Crippen molar-refractivity contribution < 1.29 is 4.74 Å². The van der Waals surface area contributed by atoms with Gasteiger partial charge in [-0.1, -0.05) is 36.4 Å². The first-order valence-electron chi connectivity index (χ1n) is 4.98. The lowest BCUT2D eigenvalue weighted by molar-refractivity contribution is 0.108. The lowest BCUT2D eigenvalue weighted by Crippen LogP contribution is -2.37. The molecule has 1 heterocycles. The molecule has 2 nitrogen and oxygen atoms in total. The number of rotatable bonds is 3. The van der Waals surface area contributed by atoms with E-state index in [0.717, 1.165) is 12.5 Å². The van der Waals surface area contributed by atoms with Crippen molar-refractivity contribution in [3.63, 3.8) is 0 Å². The largest absolute Gasteiger partial charge is 0.380 e. The molecular formula is C10H20INO. The van der Waals surface area contributed by atoms with Crippen molar-refractivity contribution in [3.05, 3.63) is 0 Å². The minimum absolute atomic E-state index is 0.449. The van der Waals surface area contributed by atoms with Crippen LogP contribution in [0.1, 0.15) is 27.2 Å². The molecular weight excluding hydrogens is 277 g/mol. The molecule has 1 saturated heterocycles. The summed E-state index contributed by atoms with van der Waals surface area (Å²) in [6, 6.07) is 0.705. The Morgan fingerprint density at radius 2 is 2.00 bits per heavy atom. The van der Waals surface area contributed by atoms with Crippen LogP contribution in [0, 0.1) is 5.92 Å². The molecule has 0 bridgehead atoms. The monoisotopic (exact) mass is 297 g/mol. The molecule has 0 radical (unpaired) electrons. The van der Waals surface area contributed by atoms with E-state index in [9.17, 15) is 0 Å². The van der Waals surface area contributed by atoms with E-state index < -0.39 is 0 Å². The van der Waals surface area contributed by atoms with Gasteiger partial charge in [-0.25, -0.2) is 0 Å². The molecule has 0 N–H and O–H groups in total. The second-order valence-electron chi connectivity index (χ2n) is 4.18. The Kier molecular flexibility index (Phi) is 4.45. The van der Waals surface area contributed by atoms with E-state index in [1.165, 1.54) is 6.42 Å². The Morgan fingerprint density at radius 3 is 2.31 bits per heavy atom. The quantitative estimate of drug-likeness (QED) is 0.451. The average Bonchev–Trinajstić information content (AvgIpc) is 2.47. The summed E-state index contributed by atoms with van der Waals surface area (Å²) >= 11 is 2.49. The third-order valence-electron chi connectivity index (χ3n) is 2.90. The van der Waals surface area contributed by atoms with Gasteiger partial charge in [-0.3, -0.25) is 4.90 Å². The molecule has 0 aromatic carbocycles. The molecule has 0 saturated carbocycles. The zero-order valence-corrected chi connectivity index (χ0v) is 11.1. The van der Waals surface area contributed by atoms with Crippen molar-refractivity contribution in [1.82, 2.24) is 4.90 Å². The summed E-state index contributed by atoms with van der Waals surface area (Å²) in [4.78, 5) is 2.55. The summed E-state index contributed by atoms with van der Waals surface area (Å²) < 4.78 is 6.04. The number of halogens is 1. The standard InChI is InChI=1S/C10H20INO/c1-7(2)10-5-9(13-4)6-12(10)8(3)11/h7-10H,5-6H2,1-4H3. The summed E-state index contributed by atoms with van der Waals surface area (Å²) in [7, 11) is 1.82. The summed E-state index contributed by atoms with van der Waals surface area (Å²) in [5.74, 6) is 0.734. The predicted molar refractivity (Wildman–Crippen MR) is 64.2 cm³/mol. The number of hydrogen-bond donors (Lipinski definition) is 0. The molecule has 3 unspecified atom stereocenters. The Labute approximate surface area is 95.2 Å². The fourth-order valence-corrected chi connectivity index (χ4v) is 2.73. The maximum atomic E-state index is 5.43. The number of likely N-dealkylation sites (tertiary alicyclic amines) is 1. The normalized spacial score (nSPS) is 32.8. The fraction of sp³-hybridized carbons (Fsp3) is 1.00. The molecule has 1 aliphatic heterocycles. The number of ether oxygens (including phenoxy) is 1. The minimum Gasteiger partial charge on any atom is -0.380 e. The molecule has 3 atom stereocenters. The minimum atomic E-state index is 0.449. The Balaban J connectivity index is 2.60. The fourth-order valence-electron chi connectivity index (χ4n) is 2.08. The number of methoxy groups -OCH3 is 1. The molecule has 1 aliphatic rings.